The summed E-state index contributed by atoms with van der Waals surface area (Å²) < 4.78 is 0. The molecule has 60 valence electrons. The summed E-state index contributed by atoms with van der Waals surface area (Å²) >= 11 is 0. The molecule has 0 N–H and O–H groups in total. The fourth-order valence-electron chi connectivity index (χ4n) is 1.33. The first kappa shape index (κ1) is 7.29. The molecule has 0 aliphatic carbocycles. The maximum atomic E-state index is 4.52. The van der Waals surface area contributed by atoms with Crippen molar-refractivity contribution < 1.29 is 0 Å². The molecule has 0 radical (unpaired) electrons. The number of allylic oxidation sites excluding steroid dienone is 1. The van der Waals surface area contributed by atoms with Gasteiger partial charge in [0.2, 0.25) is 0 Å². The molecular weight excluding hydrogens is 146 g/mol. The molecule has 0 fully saturated rings. The minimum Gasteiger partial charge on any atom is -0.278 e. The second-order valence-electron chi connectivity index (χ2n) is 2.98. The molecule has 1 atom stereocenters. The van der Waals surface area contributed by atoms with Crippen LogP contribution in [-0.2, 0) is 0 Å². The first-order valence-electron chi connectivity index (χ1n) is 4.18. The summed E-state index contributed by atoms with van der Waals surface area (Å²) in [5, 5.41) is 2.30. The number of para-hydroxylation sites is 1. The number of rotatable bonds is 0. The summed E-state index contributed by atoms with van der Waals surface area (Å²) in [4.78, 5) is 4.52. The average Bonchev–Trinajstić information content (AvgIpc) is 2.25. The van der Waals surface area contributed by atoms with Crippen LogP contribution in [0.1, 0.15) is 6.92 Å². The first-order valence-corrected chi connectivity index (χ1v) is 4.18. The Morgan fingerprint density at radius 3 is 3.00 bits per heavy atom. The van der Waals surface area contributed by atoms with Crippen LogP contribution in [0.15, 0.2) is 41.4 Å². The van der Waals surface area contributed by atoms with E-state index in [1.54, 1.807) is 0 Å². The van der Waals surface area contributed by atoms with E-state index >= 15 is 0 Å². The predicted molar refractivity (Wildman–Crippen MR) is 50.3 cm³/mol. The summed E-state index contributed by atoms with van der Waals surface area (Å²) in [6.45, 7) is 2.09. The van der Waals surface area contributed by atoms with Gasteiger partial charge < -0.3 is 0 Å². The largest absolute Gasteiger partial charge is 0.278 e. The Hall–Kier alpha value is -1.37. The lowest BCUT2D eigenvalue weighted by molar-refractivity contribution is 0.887. The van der Waals surface area contributed by atoms with Crippen LogP contribution in [0.4, 0.5) is 0 Å². The Bertz CT molecular complexity index is 415. The summed E-state index contributed by atoms with van der Waals surface area (Å²) in [6.07, 6.45) is 6.27. The maximum absolute atomic E-state index is 4.52. The Labute approximate surface area is 71.8 Å². The SMILES string of the molecule is CC1C=CC=c2ccccc2=N1. The van der Waals surface area contributed by atoms with Gasteiger partial charge in [-0.1, -0.05) is 36.4 Å². The van der Waals surface area contributed by atoms with E-state index in [9.17, 15) is 0 Å². The maximum Gasteiger partial charge on any atom is 0.0662 e. The van der Waals surface area contributed by atoms with E-state index in [2.05, 4.69) is 42.3 Å². The molecule has 0 saturated heterocycles. The van der Waals surface area contributed by atoms with Crippen molar-refractivity contribution in [2.75, 3.05) is 0 Å². The zero-order chi connectivity index (χ0) is 8.39. The number of fused-ring (bicyclic) bond motifs is 1. The van der Waals surface area contributed by atoms with Crippen LogP contribution in [-0.4, -0.2) is 6.04 Å². The quantitative estimate of drug-likeness (QED) is 0.533. The van der Waals surface area contributed by atoms with Crippen LogP contribution in [0.3, 0.4) is 0 Å². The molecule has 1 aromatic carbocycles. The molecule has 0 bridgehead atoms. The van der Waals surface area contributed by atoms with E-state index in [1.807, 2.05) is 12.1 Å². The Balaban J connectivity index is 2.75. The predicted octanol–water partition coefficient (Wildman–Crippen LogP) is 1.04. The molecular formula is C11H11N. The van der Waals surface area contributed by atoms with Gasteiger partial charge in [0, 0.05) is 0 Å². The molecule has 1 aliphatic heterocycles. The van der Waals surface area contributed by atoms with Gasteiger partial charge in [0.1, 0.15) is 0 Å². The highest BCUT2D eigenvalue weighted by Gasteiger charge is 1.94. The van der Waals surface area contributed by atoms with Crippen molar-refractivity contribution in [3.05, 3.63) is 47.0 Å². The molecule has 1 nitrogen and oxygen atoms in total. The molecule has 2 rings (SSSR count). The Morgan fingerprint density at radius 1 is 1.25 bits per heavy atom. The Kier molecular flexibility index (Phi) is 1.78. The van der Waals surface area contributed by atoms with Crippen molar-refractivity contribution in [3.8, 4) is 0 Å². The van der Waals surface area contributed by atoms with Gasteiger partial charge >= 0.3 is 0 Å². The van der Waals surface area contributed by atoms with Crippen molar-refractivity contribution in [1.82, 2.24) is 0 Å². The molecule has 0 aromatic heterocycles. The van der Waals surface area contributed by atoms with Gasteiger partial charge in [0.05, 0.1) is 11.4 Å². The van der Waals surface area contributed by atoms with Gasteiger partial charge in [0.25, 0.3) is 0 Å². The molecule has 1 aliphatic rings. The molecule has 12 heavy (non-hydrogen) atoms. The van der Waals surface area contributed by atoms with Gasteiger partial charge in [-0.2, -0.15) is 0 Å². The lowest BCUT2D eigenvalue weighted by Gasteiger charge is -1.94. The van der Waals surface area contributed by atoms with E-state index in [4.69, 9.17) is 0 Å². The van der Waals surface area contributed by atoms with Crippen LogP contribution in [0.25, 0.3) is 6.08 Å². The second kappa shape index (κ2) is 2.94. The zero-order valence-corrected chi connectivity index (χ0v) is 7.07. The van der Waals surface area contributed by atoms with E-state index in [0.717, 1.165) is 5.36 Å². The molecule has 0 saturated carbocycles. The van der Waals surface area contributed by atoms with Gasteiger partial charge in [-0.25, -0.2) is 0 Å². The second-order valence-corrected chi connectivity index (χ2v) is 2.98. The van der Waals surface area contributed by atoms with Crippen LogP contribution in [0.2, 0.25) is 0 Å². The summed E-state index contributed by atoms with van der Waals surface area (Å²) in [6, 6.07) is 8.49. The Morgan fingerprint density at radius 2 is 2.08 bits per heavy atom. The highest BCUT2D eigenvalue weighted by molar-refractivity contribution is 5.38. The minimum atomic E-state index is 0.296. The summed E-state index contributed by atoms with van der Waals surface area (Å²) in [5.74, 6) is 0. The van der Waals surface area contributed by atoms with E-state index in [-0.39, 0.29) is 0 Å². The van der Waals surface area contributed by atoms with E-state index in [0.29, 0.717) is 6.04 Å². The molecule has 1 heterocycles. The molecule has 1 aromatic rings. The monoisotopic (exact) mass is 157 g/mol. The molecule has 0 spiro atoms. The third-order valence-corrected chi connectivity index (χ3v) is 1.94. The third-order valence-electron chi connectivity index (χ3n) is 1.94. The number of nitrogens with zero attached hydrogens (tertiary/aromatic N) is 1. The summed E-state index contributed by atoms with van der Waals surface area (Å²) in [7, 11) is 0. The van der Waals surface area contributed by atoms with E-state index in [1.165, 1.54) is 5.22 Å². The highest BCUT2D eigenvalue weighted by atomic mass is 14.8. The van der Waals surface area contributed by atoms with Gasteiger partial charge in [0.15, 0.2) is 0 Å². The smallest absolute Gasteiger partial charge is 0.0662 e. The standard InChI is InChI=1S/C11H11N/c1-9-5-4-7-10-6-2-3-8-11(10)12-9/h2-9H,1H3. The van der Waals surface area contributed by atoms with Crippen molar-refractivity contribution >= 4 is 6.08 Å². The lowest BCUT2D eigenvalue weighted by Crippen LogP contribution is -2.24. The number of hydrogen-bond donors (Lipinski definition) is 0. The van der Waals surface area contributed by atoms with Crippen LogP contribution in [0.5, 0.6) is 0 Å². The zero-order valence-electron chi connectivity index (χ0n) is 7.07. The van der Waals surface area contributed by atoms with Crippen LogP contribution < -0.4 is 10.6 Å². The van der Waals surface area contributed by atoms with E-state index < -0.39 is 0 Å². The number of hydrogen-bond acceptors (Lipinski definition) is 1. The average molecular weight is 157 g/mol. The van der Waals surface area contributed by atoms with Crippen molar-refractivity contribution in [2.45, 2.75) is 13.0 Å². The number of benzene rings is 1. The molecule has 1 heteroatoms. The van der Waals surface area contributed by atoms with Crippen LogP contribution >= 0.6 is 0 Å². The topological polar surface area (TPSA) is 12.4 Å². The third kappa shape index (κ3) is 1.30. The highest BCUT2D eigenvalue weighted by Crippen LogP contribution is 1.92. The normalized spacial score (nSPS) is 20.2. The van der Waals surface area contributed by atoms with Crippen molar-refractivity contribution in [2.24, 2.45) is 4.99 Å². The lowest BCUT2D eigenvalue weighted by atomic mass is 10.3. The van der Waals surface area contributed by atoms with Gasteiger partial charge in [-0.05, 0) is 18.2 Å². The fraction of sp³-hybridized carbons (Fsp3) is 0.182. The molecule has 1 unspecified atom stereocenters. The fourth-order valence-corrected chi connectivity index (χ4v) is 1.33. The van der Waals surface area contributed by atoms with Crippen LogP contribution in [0, 0.1) is 0 Å². The minimum absolute atomic E-state index is 0.296. The summed E-state index contributed by atoms with van der Waals surface area (Å²) in [5.41, 5.74) is 0. The first-order chi connectivity index (χ1) is 5.86. The molecule has 0 amide bonds. The van der Waals surface area contributed by atoms with Gasteiger partial charge in [-0.15, -0.1) is 0 Å². The van der Waals surface area contributed by atoms with Crippen molar-refractivity contribution in [1.29, 1.82) is 0 Å². The van der Waals surface area contributed by atoms with Crippen molar-refractivity contribution in [3.63, 3.8) is 0 Å². The van der Waals surface area contributed by atoms with Gasteiger partial charge in [-0.3, -0.25) is 4.99 Å².